The summed E-state index contributed by atoms with van der Waals surface area (Å²) in [6.07, 6.45) is 9.75. The van der Waals surface area contributed by atoms with Crippen molar-refractivity contribution in [3.63, 3.8) is 0 Å². The maximum absolute atomic E-state index is 3.75. The highest BCUT2D eigenvalue weighted by Crippen LogP contribution is 2.44. The first-order valence-corrected chi connectivity index (χ1v) is 6.52. The smallest absolute Gasteiger partial charge is 0.0121 e. The summed E-state index contributed by atoms with van der Waals surface area (Å²) >= 11 is 0. The summed E-state index contributed by atoms with van der Waals surface area (Å²) < 4.78 is 0. The summed E-state index contributed by atoms with van der Waals surface area (Å²) in [6, 6.07) is 0.773. The molecule has 0 bridgehead atoms. The molecule has 1 atom stereocenters. The van der Waals surface area contributed by atoms with Crippen LogP contribution in [0.4, 0.5) is 0 Å². The first-order chi connectivity index (χ1) is 6.79. The number of hydrogen-bond donors (Lipinski definition) is 1. The highest BCUT2D eigenvalue weighted by molar-refractivity contribution is 4.93. The van der Waals surface area contributed by atoms with Crippen molar-refractivity contribution in [2.45, 2.75) is 71.8 Å². The molecule has 1 fully saturated rings. The van der Waals surface area contributed by atoms with Gasteiger partial charge in [0.2, 0.25) is 0 Å². The third kappa shape index (κ3) is 2.50. The Kier molecular flexibility index (Phi) is 4.94. The summed E-state index contributed by atoms with van der Waals surface area (Å²) in [5, 5.41) is 3.75. The van der Waals surface area contributed by atoms with Gasteiger partial charge in [0.25, 0.3) is 0 Å². The Morgan fingerprint density at radius 1 is 1.14 bits per heavy atom. The molecule has 14 heavy (non-hydrogen) atoms. The molecule has 0 spiro atoms. The van der Waals surface area contributed by atoms with Crippen molar-refractivity contribution in [2.75, 3.05) is 6.54 Å². The fourth-order valence-electron chi connectivity index (χ4n) is 3.14. The van der Waals surface area contributed by atoms with Crippen molar-refractivity contribution in [3.05, 3.63) is 0 Å². The third-order valence-electron chi connectivity index (χ3n) is 4.09. The van der Waals surface area contributed by atoms with Crippen LogP contribution in [0.3, 0.4) is 0 Å². The molecule has 1 N–H and O–H groups in total. The molecule has 1 saturated carbocycles. The van der Waals surface area contributed by atoms with E-state index in [4.69, 9.17) is 0 Å². The Bertz CT molecular complexity index is 147. The van der Waals surface area contributed by atoms with Gasteiger partial charge < -0.3 is 5.32 Å². The first-order valence-electron chi connectivity index (χ1n) is 6.52. The summed E-state index contributed by atoms with van der Waals surface area (Å²) in [4.78, 5) is 0. The average molecular weight is 197 g/mol. The molecule has 1 unspecified atom stereocenters. The lowest BCUT2D eigenvalue weighted by Crippen LogP contribution is -2.43. The van der Waals surface area contributed by atoms with Gasteiger partial charge in [-0.25, -0.2) is 0 Å². The second-order valence-corrected chi connectivity index (χ2v) is 4.84. The van der Waals surface area contributed by atoms with Gasteiger partial charge in [0.15, 0.2) is 0 Å². The van der Waals surface area contributed by atoms with Crippen LogP contribution in [0.1, 0.15) is 65.7 Å². The van der Waals surface area contributed by atoms with Crippen LogP contribution in [0.2, 0.25) is 0 Å². The van der Waals surface area contributed by atoms with Gasteiger partial charge in [-0.05, 0) is 44.1 Å². The van der Waals surface area contributed by atoms with Crippen LogP contribution >= 0.6 is 0 Å². The van der Waals surface area contributed by atoms with Gasteiger partial charge in [0, 0.05) is 6.04 Å². The lowest BCUT2D eigenvalue weighted by Gasteiger charge is -2.37. The van der Waals surface area contributed by atoms with E-state index in [0.29, 0.717) is 5.41 Å². The molecular formula is C13H27N. The van der Waals surface area contributed by atoms with Crippen molar-refractivity contribution in [2.24, 2.45) is 5.41 Å². The van der Waals surface area contributed by atoms with Crippen LogP contribution in [0.15, 0.2) is 0 Å². The maximum atomic E-state index is 3.75. The van der Waals surface area contributed by atoms with Crippen LogP contribution in [0.5, 0.6) is 0 Å². The molecule has 84 valence electrons. The molecule has 0 saturated heterocycles. The minimum absolute atomic E-state index is 0.643. The third-order valence-corrected chi connectivity index (χ3v) is 4.09. The standard InChI is InChI=1S/C13H27N/c1-4-11-14-12(5-2)13(6-3)9-7-8-10-13/h12,14H,4-11H2,1-3H3. The molecular weight excluding hydrogens is 170 g/mol. The second kappa shape index (κ2) is 5.75. The molecule has 1 heteroatoms. The molecule has 0 aromatic heterocycles. The average Bonchev–Trinajstić information content (AvgIpc) is 2.69. The number of nitrogens with one attached hydrogen (secondary N) is 1. The molecule has 0 aromatic carbocycles. The molecule has 0 aromatic rings. The molecule has 0 radical (unpaired) electrons. The fraction of sp³-hybridized carbons (Fsp3) is 1.00. The van der Waals surface area contributed by atoms with Crippen molar-refractivity contribution in [1.82, 2.24) is 5.32 Å². The van der Waals surface area contributed by atoms with Gasteiger partial charge >= 0.3 is 0 Å². The van der Waals surface area contributed by atoms with Crippen LogP contribution in [0, 0.1) is 5.41 Å². The summed E-state index contributed by atoms with van der Waals surface area (Å²) in [6.45, 7) is 8.16. The van der Waals surface area contributed by atoms with Gasteiger partial charge in [-0.15, -0.1) is 0 Å². The second-order valence-electron chi connectivity index (χ2n) is 4.84. The van der Waals surface area contributed by atoms with E-state index in [9.17, 15) is 0 Å². The molecule has 0 amide bonds. The van der Waals surface area contributed by atoms with Crippen LogP contribution in [0.25, 0.3) is 0 Å². The van der Waals surface area contributed by atoms with Crippen LogP contribution in [-0.4, -0.2) is 12.6 Å². The molecule has 1 aliphatic rings. The van der Waals surface area contributed by atoms with Crippen molar-refractivity contribution in [1.29, 1.82) is 0 Å². The van der Waals surface area contributed by atoms with Gasteiger partial charge in [-0.3, -0.25) is 0 Å². The zero-order chi connectivity index (χ0) is 10.4. The lowest BCUT2D eigenvalue weighted by atomic mass is 9.75. The first kappa shape index (κ1) is 12.0. The van der Waals surface area contributed by atoms with E-state index in [1.54, 1.807) is 0 Å². The quantitative estimate of drug-likeness (QED) is 0.684. The Labute approximate surface area is 89.7 Å². The zero-order valence-corrected chi connectivity index (χ0v) is 10.2. The summed E-state index contributed by atoms with van der Waals surface area (Å²) in [5.41, 5.74) is 0.643. The van der Waals surface area contributed by atoms with E-state index in [2.05, 4.69) is 26.1 Å². The molecule has 1 aliphatic carbocycles. The van der Waals surface area contributed by atoms with Gasteiger partial charge in [0.1, 0.15) is 0 Å². The lowest BCUT2D eigenvalue weighted by molar-refractivity contribution is 0.181. The molecule has 1 rings (SSSR count). The van der Waals surface area contributed by atoms with E-state index in [1.807, 2.05) is 0 Å². The van der Waals surface area contributed by atoms with E-state index >= 15 is 0 Å². The van der Waals surface area contributed by atoms with E-state index in [-0.39, 0.29) is 0 Å². The predicted octanol–water partition coefficient (Wildman–Crippen LogP) is 3.74. The maximum Gasteiger partial charge on any atom is 0.0121 e. The summed E-state index contributed by atoms with van der Waals surface area (Å²) in [7, 11) is 0. The Morgan fingerprint density at radius 3 is 2.21 bits per heavy atom. The monoisotopic (exact) mass is 197 g/mol. The fourth-order valence-corrected chi connectivity index (χ4v) is 3.14. The van der Waals surface area contributed by atoms with Crippen LogP contribution in [-0.2, 0) is 0 Å². The Balaban J connectivity index is 2.54. The SMILES string of the molecule is CCCNC(CC)C1(CC)CCCC1. The zero-order valence-electron chi connectivity index (χ0n) is 10.2. The number of rotatable bonds is 6. The van der Waals surface area contributed by atoms with Crippen LogP contribution < -0.4 is 5.32 Å². The van der Waals surface area contributed by atoms with Crippen molar-refractivity contribution < 1.29 is 0 Å². The minimum atomic E-state index is 0.643. The van der Waals surface area contributed by atoms with E-state index in [0.717, 1.165) is 6.04 Å². The normalized spacial score (nSPS) is 22.5. The van der Waals surface area contributed by atoms with E-state index < -0.39 is 0 Å². The summed E-state index contributed by atoms with van der Waals surface area (Å²) in [5.74, 6) is 0. The van der Waals surface area contributed by atoms with E-state index in [1.165, 1.54) is 51.5 Å². The number of hydrogen-bond acceptors (Lipinski definition) is 1. The van der Waals surface area contributed by atoms with Gasteiger partial charge in [-0.2, -0.15) is 0 Å². The highest BCUT2D eigenvalue weighted by Gasteiger charge is 2.38. The topological polar surface area (TPSA) is 12.0 Å². The predicted molar refractivity (Wildman–Crippen MR) is 63.6 cm³/mol. The Morgan fingerprint density at radius 2 is 1.79 bits per heavy atom. The molecule has 0 aliphatic heterocycles. The van der Waals surface area contributed by atoms with Gasteiger partial charge in [-0.1, -0.05) is 33.6 Å². The Hall–Kier alpha value is -0.0400. The highest BCUT2D eigenvalue weighted by atomic mass is 14.9. The van der Waals surface area contributed by atoms with Gasteiger partial charge in [0.05, 0.1) is 0 Å². The largest absolute Gasteiger partial charge is 0.313 e. The molecule has 0 heterocycles. The van der Waals surface area contributed by atoms with Crippen molar-refractivity contribution >= 4 is 0 Å². The molecule has 1 nitrogen and oxygen atoms in total. The minimum Gasteiger partial charge on any atom is -0.313 e. The van der Waals surface area contributed by atoms with Crippen molar-refractivity contribution in [3.8, 4) is 0 Å².